The number of benzene rings is 4. The van der Waals surface area contributed by atoms with E-state index in [1.807, 2.05) is 46.9 Å². The Labute approximate surface area is 320 Å². The van der Waals surface area contributed by atoms with Crippen molar-refractivity contribution in [3.05, 3.63) is 105 Å². The minimum atomic E-state index is -4.59. The maximum atomic E-state index is 15.3. The normalized spacial score (nSPS) is 12.2. The minimum Gasteiger partial charge on any atom is -0.497 e. The van der Waals surface area contributed by atoms with Gasteiger partial charge in [-0.2, -0.15) is 9.10 Å². The van der Waals surface area contributed by atoms with E-state index in [0.717, 1.165) is 5.56 Å². The van der Waals surface area contributed by atoms with Gasteiger partial charge < -0.3 is 14.2 Å². The van der Waals surface area contributed by atoms with E-state index < -0.39 is 27.9 Å². The van der Waals surface area contributed by atoms with Gasteiger partial charge in [0.05, 0.1) is 44.1 Å². The van der Waals surface area contributed by atoms with Crippen LogP contribution in [-0.2, 0) is 39.5 Å². The fourth-order valence-corrected chi connectivity index (χ4v) is 13.0. The number of halogens is 1. The molecule has 0 radical (unpaired) electrons. The van der Waals surface area contributed by atoms with Crippen molar-refractivity contribution in [1.82, 2.24) is 24.5 Å². The first-order valence-electron chi connectivity index (χ1n) is 16.4. The Bertz CT molecular complexity index is 2160. The number of rotatable bonds is 16. The Morgan fingerprint density at radius 1 is 0.712 bits per heavy atom. The zero-order valence-electron chi connectivity index (χ0n) is 29.9. The van der Waals surface area contributed by atoms with Crippen molar-refractivity contribution in [2.24, 2.45) is 0 Å². The van der Waals surface area contributed by atoms with Crippen LogP contribution in [0.2, 0.25) is 25.7 Å². The first kappa shape index (κ1) is 39.4. The molecule has 5 rings (SSSR count). The van der Waals surface area contributed by atoms with Crippen LogP contribution in [0.5, 0.6) is 17.2 Å². The Morgan fingerprint density at radius 3 is 1.65 bits per heavy atom. The highest BCUT2D eigenvalue weighted by atomic mass is 127. The van der Waals surface area contributed by atoms with Gasteiger partial charge in [0.2, 0.25) is 15.8 Å². The van der Waals surface area contributed by atoms with Crippen LogP contribution in [0.25, 0.3) is 11.4 Å². The van der Waals surface area contributed by atoms with Crippen molar-refractivity contribution < 1.29 is 31.0 Å². The largest absolute Gasteiger partial charge is 0.497 e. The molecule has 0 amide bonds. The van der Waals surface area contributed by atoms with Crippen molar-refractivity contribution in [1.29, 1.82) is 0 Å². The molecule has 16 heteroatoms. The van der Waals surface area contributed by atoms with Crippen LogP contribution in [0, 0.1) is 3.57 Å². The smallest absolute Gasteiger partial charge is 0.245 e. The van der Waals surface area contributed by atoms with Crippen molar-refractivity contribution in [3.8, 4) is 28.6 Å². The average molecular weight is 876 g/mol. The first-order chi connectivity index (χ1) is 24.6. The lowest BCUT2D eigenvalue weighted by atomic mass is 10.2. The van der Waals surface area contributed by atoms with E-state index in [1.54, 1.807) is 75.9 Å². The summed E-state index contributed by atoms with van der Waals surface area (Å²) in [6.45, 7) is 6.36. The van der Waals surface area contributed by atoms with E-state index in [4.69, 9.17) is 14.2 Å². The van der Waals surface area contributed by atoms with Gasteiger partial charge in [-0.3, -0.25) is 0 Å². The summed E-state index contributed by atoms with van der Waals surface area (Å²) in [6, 6.07) is 24.9. The van der Waals surface area contributed by atoms with Gasteiger partial charge in [-0.25, -0.2) is 16.8 Å². The highest BCUT2D eigenvalue weighted by molar-refractivity contribution is 14.1. The lowest BCUT2D eigenvalue weighted by Gasteiger charge is -2.26. The molecule has 0 aliphatic heterocycles. The van der Waals surface area contributed by atoms with Crippen LogP contribution in [-0.4, -0.2) is 76.5 Å². The number of ether oxygens (including phenoxy) is 3. The molecule has 0 bridgehead atoms. The highest BCUT2D eigenvalue weighted by Crippen LogP contribution is 2.38. The molecule has 0 atom stereocenters. The molecule has 5 aromatic rings. The quantitative estimate of drug-likeness (QED) is 0.0795. The third-order valence-corrected chi connectivity index (χ3v) is 15.1. The molecule has 1 heterocycles. The maximum Gasteiger partial charge on any atom is 0.245 e. The standard InChI is InChI=1S/C36H42IN5O7S2Si/c1-47-29-13-7-26(8-14-29)23-41(24-27-9-15-30(48-2)16-10-27)51(45,46)35-33(50(43,44)21-22-52(4,5)6)20-19-32(37)34(35)36-38-40-42(39-36)25-28-11-17-31(49-3)18-12-28/h7-20H,21-25H2,1-6H3. The minimum absolute atomic E-state index is 0.00687. The Kier molecular flexibility index (Phi) is 12.5. The first-order valence-corrected chi connectivity index (χ1v) is 24.2. The molecule has 0 saturated heterocycles. The van der Waals surface area contributed by atoms with Gasteiger partial charge in [-0.1, -0.05) is 56.0 Å². The average Bonchev–Trinajstić information content (AvgIpc) is 3.58. The van der Waals surface area contributed by atoms with E-state index in [0.29, 0.717) is 38.0 Å². The van der Waals surface area contributed by atoms with Gasteiger partial charge in [0.25, 0.3) is 0 Å². The Balaban J connectivity index is 1.68. The number of hydrogen-bond donors (Lipinski definition) is 0. The van der Waals surface area contributed by atoms with E-state index in [9.17, 15) is 8.42 Å². The second kappa shape index (κ2) is 16.4. The van der Waals surface area contributed by atoms with Crippen LogP contribution >= 0.6 is 22.6 Å². The van der Waals surface area contributed by atoms with Crippen molar-refractivity contribution in [2.75, 3.05) is 27.1 Å². The summed E-state index contributed by atoms with van der Waals surface area (Å²) in [4.78, 5) is 0.686. The monoisotopic (exact) mass is 875 g/mol. The Morgan fingerprint density at radius 2 is 1.19 bits per heavy atom. The van der Waals surface area contributed by atoms with Gasteiger partial charge in [-0.05, 0) is 99.1 Å². The van der Waals surface area contributed by atoms with Crippen LogP contribution in [0.4, 0.5) is 0 Å². The molecule has 0 aliphatic rings. The van der Waals surface area contributed by atoms with Crippen LogP contribution < -0.4 is 14.2 Å². The summed E-state index contributed by atoms with van der Waals surface area (Å²) in [5, 5.41) is 13.1. The van der Waals surface area contributed by atoms with E-state index >= 15 is 8.42 Å². The van der Waals surface area contributed by atoms with Gasteiger partial charge in [0.1, 0.15) is 22.1 Å². The Hall–Kier alpha value is -3.84. The van der Waals surface area contributed by atoms with Crippen molar-refractivity contribution >= 4 is 50.5 Å². The number of tetrazole rings is 1. The van der Waals surface area contributed by atoms with E-state index in [-0.39, 0.29) is 46.6 Å². The lowest BCUT2D eigenvalue weighted by molar-refractivity contribution is 0.396. The molecule has 4 aromatic carbocycles. The van der Waals surface area contributed by atoms with Gasteiger partial charge >= 0.3 is 0 Å². The summed E-state index contributed by atoms with van der Waals surface area (Å²) in [7, 11) is -5.83. The zero-order valence-corrected chi connectivity index (χ0v) is 34.7. The topological polar surface area (TPSA) is 143 Å². The number of nitrogens with zero attached hydrogens (tertiary/aromatic N) is 5. The van der Waals surface area contributed by atoms with Crippen LogP contribution in [0.15, 0.2) is 94.7 Å². The zero-order chi connectivity index (χ0) is 37.7. The lowest BCUT2D eigenvalue weighted by Crippen LogP contribution is -2.32. The molecular formula is C36H42IN5O7S2Si. The molecule has 0 fully saturated rings. The molecule has 0 N–H and O–H groups in total. The van der Waals surface area contributed by atoms with Crippen LogP contribution in [0.3, 0.4) is 0 Å². The third-order valence-electron chi connectivity index (χ3n) is 8.32. The van der Waals surface area contributed by atoms with Gasteiger partial charge in [0.15, 0.2) is 9.84 Å². The molecule has 276 valence electrons. The van der Waals surface area contributed by atoms with E-state index in [1.165, 1.54) is 15.2 Å². The molecule has 1 aromatic heterocycles. The fourth-order valence-electron chi connectivity index (χ4n) is 5.33. The molecular weight excluding hydrogens is 834 g/mol. The van der Waals surface area contributed by atoms with Gasteiger partial charge in [0, 0.05) is 24.7 Å². The second-order valence-corrected chi connectivity index (χ2v) is 24.1. The third kappa shape index (κ3) is 9.57. The molecule has 0 saturated carbocycles. The molecule has 52 heavy (non-hydrogen) atoms. The molecule has 0 unspecified atom stereocenters. The summed E-state index contributed by atoms with van der Waals surface area (Å²) >= 11 is 2.01. The number of methoxy groups -OCH3 is 3. The summed E-state index contributed by atoms with van der Waals surface area (Å²) in [6.07, 6.45) is 0. The molecule has 0 aliphatic carbocycles. The maximum absolute atomic E-state index is 15.3. The van der Waals surface area contributed by atoms with Gasteiger partial charge in [-0.15, -0.1) is 10.2 Å². The van der Waals surface area contributed by atoms with Crippen LogP contribution in [0.1, 0.15) is 16.7 Å². The van der Waals surface area contributed by atoms with E-state index in [2.05, 4.69) is 35.1 Å². The molecule has 0 spiro atoms. The molecule has 12 nitrogen and oxygen atoms in total. The number of sulfone groups is 1. The second-order valence-electron chi connectivity index (χ2n) is 13.3. The number of sulfonamides is 1. The number of aromatic nitrogens is 4. The number of hydrogen-bond acceptors (Lipinski definition) is 10. The SMILES string of the molecule is COc1ccc(CN(Cc2ccc(OC)cc2)S(=O)(=O)c2c(S(=O)(=O)CC[Si](C)(C)C)ccc(I)c2-c2nnn(Cc3ccc(OC)cc3)n2)cc1. The summed E-state index contributed by atoms with van der Waals surface area (Å²) < 4.78 is 76.7. The predicted molar refractivity (Wildman–Crippen MR) is 211 cm³/mol. The fraction of sp³-hybridized carbons (Fsp3) is 0.306. The van der Waals surface area contributed by atoms with Crippen molar-refractivity contribution in [3.63, 3.8) is 0 Å². The highest BCUT2D eigenvalue weighted by Gasteiger charge is 2.37. The summed E-state index contributed by atoms with van der Waals surface area (Å²) in [5.41, 5.74) is 2.29. The predicted octanol–water partition coefficient (Wildman–Crippen LogP) is 6.52. The summed E-state index contributed by atoms with van der Waals surface area (Å²) in [5.74, 6) is 1.73. The van der Waals surface area contributed by atoms with Crippen molar-refractivity contribution in [2.45, 2.75) is 55.1 Å².